The van der Waals surface area contributed by atoms with Crippen LogP contribution in [-0.4, -0.2) is 22.0 Å². The molecule has 4 rings (SSSR count). The number of carboxylic acids is 1. The Bertz CT molecular complexity index is 1140. The molecule has 1 unspecified atom stereocenters. The summed E-state index contributed by atoms with van der Waals surface area (Å²) in [6.07, 6.45) is 3.05. The Hall–Kier alpha value is -2.93. The van der Waals surface area contributed by atoms with E-state index in [1.165, 1.54) is 29.0 Å². The molecule has 0 bridgehead atoms. The maximum atomic E-state index is 12.8. The van der Waals surface area contributed by atoms with Crippen LogP contribution in [0.3, 0.4) is 0 Å². The Morgan fingerprint density at radius 3 is 2.57 bits per heavy atom. The van der Waals surface area contributed by atoms with E-state index >= 15 is 0 Å². The summed E-state index contributed by atoms with van der Waals surface area (Å²) in [6, 6.07) is 8.14. The molecule has 1 aliphatic carbocycles. The third kappa shape index (κ3) is 3.77. The van der Waals surface area contributed by atoms with Crippen molar-refractivity contribution < 1.29 is 14.7 Å². The minimum absolute atomic E-state index is 0.165. The Morgan fingerprint density at radius 2 is 1.93 bits per heavy atom. The van der Waals surface area contributed by atoms with Crippen molar-refractivity contribution in [3.05, 3.63) is 52.0 Å². The molecule has 4 N–H and O–H groups in total. The number of nitrogen functional groups attached to an aromatic ring is 1. The standard InChI is InChI=1S/C23H25N3O3S/c1-23(2,3)14-6-9-17-13(10-14)11-16-18(24)19(30-21(16)26-17)20(27)25-15-7-4-12(5-8-15)22(28)29/h4-5,7-8,11,14H,6,9-10,24H2,1-3H3,(H,25,27)(H,28,29). The van der Waals surface area contributed by atoms with E-state index in [1.54, 1.807) is 12.1 Å². The van der Waals surface area contributed by atoms with Crippen molar-refractivity contribution in [1.82, 2.24) is 4.98 Å². The van der Waals surface area contributed by atoms with Gasteiger partial charge in [-0.1, -0.05) is 20.8 Å². The van der Waals surface area contributed by atoms with E-state index in [2.05, 4.69) is 32.2 Å². The average Bonchev–Trinajstić information content (AvgIpc) is 3.01. The smallest absolute Gasteiger partial charge is 0.335 e. The predicted molar refractivity (Wildman–Crippen MR) is 120 cm³/mol. The van der Waals surface area contributed by atoms with Crippen LogP contribution in [0, 0.1) is 11.3 Å². The molecule has 1 aromatic carbocycles. The first kappa shape index (κ1) is 20.3. The van der Waals surface area contributed by atoms with Crippen LogP contribution in [0.4, 0.5) is 11.4 Å². The fourth-order valence-electron chi connectivity index (χ4n) is 3.98. The van der Waals surface area contributed by atoms with Gasteiger partial charge >= 0.3 is 5.97 Å². The highest BCUT2D eigenvalue weighted by Crippen LogP contribution is 2.40. The number of carbonyl (C=O) groups is 2. The average molecular weight is 424 g/mol. The molecule has 0 aliphatic heterocycles. The van der Waals surface area contributed by atoms with Crippen LogP contribution in [0.1, 0.15) is 58.5 Å². The SMILES string of the molecule is CC(C)(C)C1CCc2nc3sc(C(=O)Nc4ccc(C(=O)O)cc4)c(N)c3cc2C1. The van der Waals surface area contributed by atoms with E-state index in [9.17, 15) is 9.59 Å². The summed E-state index contributed by atoms with van der Waals surface area (Å²) < 4.78 is 0. The number of nitrogens with two attached hydrogens (primary N) is 1. The summed E-state index contributed by atoms with van der Waals surface area (Å²) in [5, 5.41) is 12.6. The van der Waals surface area contributed by atoms with Gasteiger partial charge in [-0.2, -0.15) is 0 Å². The van der Waals surface area contributed by atoms with Crippen molar-refractivity contribution in [3.63, 3.8) is 0 Å². The van der Waals surface area contributed by atoms with Crippen molar-refractivity contribution >= 4 is 44.8 Å². The van der Waals surface area contributed by atoms with Crippen LogP contribution >= 0.6 is 11.3 Å². The molecule has 156 valence electrons. The Morgan fingerprint density at radius 1 is 1.23 bits per heavy atom. The number of hydrogen-bond donors (Lipinski definition) is 3. The van der Waals surface area contributed by atoms with Crippen molar-refractivity contribution in [2.75, 3.05) is 11.1 Å². The first-order valence-electron chi connectivity index (χ1n) is 9.99. The largest absolute Gasteiger partial charge is 0.478 e. The number of anilines is 2. The molecule has 30 heavy (non-hydrogen) atoms. The molecule has 0 fully saturated rings. The van der Waals surface area contributed by atoms with Crippen molar-refractivity contribution in [1.29, 1.82) is 0 Å². The van der Waals surface area contributed by atoms with Crippen molar-refractivity contribution in [2.45, 2.75) is 40.0 Å². The van der Waals surface area contributed by atoms with Crippen LogP contribution in [0.25, 0.3) is 10.2 Å². The van der Waals surface area contributed by atoms with Gasteiger partial charge in [0, 0.05) is 16.8 Å². The second-order valence-electron chi connectivity index (χ2n) is 8.93. The van der Waals surface area contributed by atoms with Gasteiger partial charge in [-0.25, -0.2) is 9.78 Å². The summed E-state index contributed by atoms with van der Waals surface area (Å²) in [4.78, 5) is 29.8. The summed E-state index contributed by atoms with van der Waals surface area (Å²) in [5.74, 6) is -0.727. The zero-order valence-corrected chi connectivity index (χ0v) is 18.1. The maximum absolute atomic E-state index is 12.8. The van der Waals surface area contributed by atoms with Gasteiger partial charge in [0.1, 0.15) is 9.71 Å². The maximum Gasteiger partial charge on any atom is 0.335 e. The van der Waals surface area contributed by atoms with Gasteiger partial charge in [0.2, 0.25) is 0 Å². The number of fused-ring (bicyclic) bond motifs is 2. The molecule has 2 aromatic heterocycles. The number of carbonyl (C=O) groups excluding carboxylic acids is 1. The first-order valence-corrected chi connectivity index (χ1v) is 10.8. The summed E-state index contributed by atoms with van der Waals surface area (Å²) in [6.45, 7) is 6.83. The Labute approximate surface area is 179 Å². The van der Waals surface area contributed by atoms with Crippen LogP contribution in [0.5, 0.6) is 0 Å². The number of aromatic nitrogens is 1. The lowest BCUT2D eigenvalue weighted by atomic mass is 9.71. The van der Waals surface area contributed by atoms with Gasteiger partial charge in [-0.05, 0) is 66.5 Å². The molecule has 1 amide bonds. The number of carboxylic acid groups (broad SMARTS) is 1. The molecule has 0 spiro atoms. The summed E-state index contributed by atoms with van der Waals surface area (Å²) in [7, 11) is 0. The normalized spacial score (nSPS) is 16.3. The highest BCUT2D eigenvalue weighted by atomic mass is 32.1. The molecule has 7 heteroatoms. The lowest BCUT2D eigenvalue weighted by Gasteiger charge is -2.34. The number of hydrogen-bond acceptors (Lipinski definition) is 5. The third-order valence-electron chi connectivity index (χ3n) is 5.91. The Kier molecular flexibility index (Phi) is 5.02. The molecule has 3 aromatic rings. The lowest BCUT2D eigenvalue weighted by molar-refractivity contribution is 0.0696. The lowest BCUT2D eigenvalue weighted by Crippen LogP contribution is -2.27. The number of aryl methyl sites for hydroxylation is 1. The van der Waals surface area contributed by atoms with Gasteiger partial charge in [0.25, 0.3) is 5.91 Å². The van der Waals surface area contributed by atoms with E-state index in [1.807, 2.05) is 0 Å². The minimum atomic E-state index is -1.01. The minimum Gasteiger partial charge on any atom is -0.478 e. The number of rotatable bonds is 3. The fourth-order valence-corrected chi connectivity index (χ4v) is 4.97. The molecule has 6 nitrogen and oxygen atoms in total. The molecular weight excluding hydrogens is 398 g/mol. The van der Waals surface area contributed by atoms with Gasteiger partial charge < -0.3 is 16.2 Å². The van der Waals surface area contributed by atoms with Crippen LogP contribution < -0.4 is 11.1 Å². The first-order chi connectivity index (χ1) is 14.1. The number of amides is 1. The highest BCUT2D eigenvalue weighted by Gasteiger charge is 2.30. The van der Waals surface area contributed by atoms with E-state index in [4.69, 9.17) is 15.8 Å². The quantitative estimate of drug-likeness (QED) is 0.551. The van der Waals surface area contributed by atoms with Gasteiger partial charge in [0.05, 0.1) is 11.3 Å². The van der Waals surface area contributed by atoms with Gasteiger partial charge in [-0.15, -0.1) is 11.3 Å². The number of benzene rings is 1. The zero-order valence-electron chi connectivity index (χ0n) is 17.3. The molecule has 1 atom stereocenters. The number of nitrogens with zero attached hydrogens (tertiary/aromatic N) is 1. The number of pyridine rings is 1. The molecule has 0 saturated carbocycles. The van der Waals surface area contributed by atoms with E-state index in [0.29, 0.717) is 22.2 Å². The van der Waals surface area contributed by atoms with Crippen molar-refractivity contribution in [2.24, 2.45) is 11.3 Å². The highest BCUT2D eigenvalue weighted by molar-refractivity contribution is 7.21. The Balaban J connectivity index is 1.62. The fraction of sp³-hybridized carbons (Fsp3) is 0.348. The number of aromatic carboxylic acids is 1. The molecule has 2 heterocycles. The predicted octanol–water partition coefficient (Wildman–Crippen LogP) is 4.98. The second-order valence-corrected chi connectivity index (χ2v) is 9.93. The summed E-state index contributed by atoms with van der Waals surface area (Å²) in [5.41, 5.74) is 10.1. The monoisotopic (exact) mass is 423 g/mol. The van der Waals surface area contributed by atoms with E-state index in [0.717, 1.165) is 35.2 Å². The van der Waals surface area contributed by atoms with Crippen LogP contribution in [0.2, 0.25) is 0 Å². The number of thiophene rings is 1. The summed E-state index contributed by atoms with van der Waals surface area (Å²) >= 11 is 1.30. The third-order valence-corrected chi connectivity index (χ3v) is 7.02. The number of nitrogens with one attached hydrogen (secondary N) is 1. The van der Waals surface area contributed by atoms with E-state index < -0.39 is 5.97 Å². The molecule has 0 saturated heterocycles. The molecule has 0 radical (unpaired) electrons. The van der Waals surface area contributed by atoms with Gasteiger partial charge in [-0.3, -0.25) is 4.79 Å². The van der Waals surface area contributed by atoms with Crippen molar-refractivity contribution in [3.8, 4) is 0 Å². The van der Waals surface area contributed by atoms with Gasteiger partial charge in [0.15, 0.2) is 0 Å². The molecule has 1 aliphatic rings. The van der Waals surface area contributed by atoms with Crippen LogP contribution in [-0.2, 0) is 12.8 Å². The molecular formula is C23H25N3O3S. The topological polar surface area (TPSA) is 105 Å². The second kappa shape index (κ2) is 7.40. The zero-order chi connectivity index (χ0) is 21.6. The van der Waals surface area contributed by atoms with Crippen LogP contribution in [0.15, 0.2) is 30.3 Å². The van der Waals surface area contributed by atoms with E-state index in [-0.39, 0.29) is 16.9 Å².